The standard InChI is InChI=1S/C21H34N4O2/c1-6-25-18(10-15(22-25)9-14(2)3)20(26)24-12-17-16(11-23(4)5)19-7-8-21(17,13-24)27-19/h10,14,16-17,19H,6-9,11-13H2,1-5H3/t16-,17+,19+,21+/m1/s1. The van der Waals surface area contributed by atoms with Gasteiger partial charge in [0.2, 0.25) is 0 Å². The van der Waals surface area contributed by atoms with Gasteiger partial charge in [0.25, 0.3) is 5.91 Å². The minimum Gasteiger partial charge on any atom is -0.369 e. The van der Waals surface area contributed by atoms with Gasteiger partial charge in [0, 0.05) is 31.5 Å². The van der Waals surface area contributed by atoms with E-state index in [4.69, 9.17) is 4.74 Å². The Bertz CT molecular complexity index is 713. The van der Waals surface area contributed by atoms with Crippen LogP contribution >= 0.6 is 0 Å². The Morgan fingerprint density at radius 2 is 2.22 bits per heavy atom. The highest BCUT2D eigenvalue weighted by molar-refractivity contribution is 5.93. The molecule has 1 amide bonds. The summed E-state index contributed by atoms with van der Waals surface area (Å²) in [5.74, 6) is 1.67. The van der Waals surface area contributed by atoms with Crippen molar-refractivity contribution in [1.82, 2.24) is 19.6 Å². The summed E-state index contributed by atoms with van der Waals surface area (Å²) in [7, 11) is 4.26. The lowest BCUT2D eigenvalue weighted by atomic mass is 9.73. The van der Waals surface area contributed by atoms with Gasteiger partial charge in [0.1, 0.15) is 5.69 Å². The van der Waals surface area contributed by atoms with E-state index in [1.165, 1.54) is 0 Å². The van der Waals surface area contributed by atoms with Crippen molar-refractivity contribution in [1.29, 1.82) is 0 Å². The number of aromatic nitrogens is 2. The highest BCUT2D eigenvalue weighted by atomic mass is 16.5. The summed E-state index contributed by atoms with van der Waals surface area (Å²) in [6.07, 6.45) is 3.54. The molecule has 0 unspecified atom stereocenters. The fraction of sp³-hybridized carbons (Fsp3) is 0.810. The summed E-state index contributed by atoms with van der Waals surface area (Å²) in [6, 6.07) is 2.01. The Labute approximate surface area is 162 Å². The van der Waals surface area contributed by atoms with Gasteiger partial charge in [-0.2, -0.15) is 5.10 Å². The molecule has 0 aliphatic carbocycles. The number of nitrogens with zero attached hydrogens (tertiary/aromatic N) is 4. The van der Waals surface area contributed by atoms with Crippen molar-refractivity contribution in [3.8, 4) is 0 Å². The normalized spacial score (nSPS) is 32.1. The maximum atomic E-state index is 13.4. The van der Waals surface area contributed by atoms with Crippen molar-refractivity contribution in [2.45, 2.75) is 58.3 Å². The molecule has 1 spiro atoms. The van der Waals surface area contributed by atoms with Crippen molar-refractivity contribution < 1.29 is 9.53 Å². The molecule has 1 aromatic heterocycles. The van der Waals surface area contributed by atoms with Crippen LogP contribution in [0.5, 0.6) is 0 Å². The predicted octanol–water partition coefficient (Wildman–Crippen LogP) is 2.28. The molecule has 4 atom stereocenters. The first-order valence-corrected chi connectivity index (χ1v) is 10.5. The maximum absolute atomic E-state index is 13.4. The van der Waals surface area contributed by atoms with E-state index in [1.807, 2.05) is 15.6 Å². The van der Waals surface area contributed by atoms with Crippen molar-refractivity contribution in [2.24, 2.45) is 17.8 Å². The highest BCUT2D eigenvalue weighted by Gasteiger charge is 2.63. The van der Waals surface area contributed by atoms with Crippen molar-refractivity contribution >= 4 is 5.91 Å². The smallest absolute Gasteiger partial charge is 0.272 e. The lowest BCUT2D eigenvalue weighted by Crippen LogP contribution is -2.40. The average Bonchev–Trinajstić information content (AvgIpc) is 3.33. The molecule has 0 aromatic carbocycles. The van der Waals surface area contributed by atoms with Crippen molar-refractivity contribution in [2.75, 3.05) is 33.7 Å². The van der Waals surface area contributed by atoms with E-state index >= 15 is 0 Å². The summed E-state index contributed by atoms with van der Waals surface area (Å²) in [5, 5.41) is 4.66. The van der Waals surface area contributed by atoms with E-state index in [2.05, 4.69) is 44.9 Å². The first-order chi connectivity index (χ1) is 12.8. The third kappa shape index (κ3) is 3.21. The second kappa shape index (κ2) is 6.89. The van der Waals surface area contributed by atoms with Gasteiger partial charge < -0.3 is 14.5 Å². The van der Waals surface area contributed by atoms with Crippen molar-refractivity contribution in [3.63, 3.8) is 0 Å². The van der Waals surface area contributed by atoms with E-state index in [0.29, 0.717) is 23.9 Å². The number of hydrogen-bond donors (Lipinski definition) is 0. The maximum Gasteiger partial charge on any atom is 0.272 e. The highest BCUT2D eigenvalue weighted by Crippen LogP contribution is 2.55. The molecule has 6 nitrogen and oxygen atoms in total. The van der Waals surface area contributed by atoms with Gasteiger partial charge in [-0.05, 0) is 52.3 Å². The minimum absolute atomic E-state index is 0.0984. The van der Waals surface area contributed by atoms with E-state index in [0.717, 1.165) is 56.8 Å². The van der Waals surface area contributed by atoms with Gasteiger partial charge in [-0.25, -0.2) is 0 Å². The molecular formula is C21H34N4O2. The van der Waals surface area contributed by atoms with Crippen LogP contribution in [-0.4, -0.2) is 70.9 Å². The van der Waals surface area contributed by atoms with Crippen LogP contribution in [0, 0.1) is 17.8 Å². The van der Waals surface area contributed by atoms with Gasteiger partial charge in [0.05, 0.1) is 23.9 Å². The number of amides is 1. The number of likely N-dealkylation sites (tertiary alicyclic amines) is 1. The molecule has 3 fully saturated rings. The summed E-state index contributed by atoms with van der Waals surface area (Å²) in [6.45, 7) is 9.76. The van der Waals surface area contributed by atoms with Gasteiger partial charge >= 0.3 is 0 Å². The molecule has 3 aliphatic rings. The predicted molar refractivity (Wildman–Crippen MR) is 105 cm³/mol. The van der Waals surface area contributed by atoms with Crippen LogP contribution in [-0.2, 0) is 17.7 Å². The van der Waals surface area contributed by atoms with Crippen LogP contribution < -0.4 is 0 Å². The van der Waals surface area contributed by atoms with Crippen molar-refractivity contribution in [3.05, 3.63) is 17.5 Å². The summed E-state index contributed by atoms with van der Waals surface area (Å²) in [5.41, 5.74) is 1.66. The van der Waals surface area contributed by atoms with E-state index in [-0.39, 0.29) is 11.5 Å². The number of carbonyl (C=O) groups excluding carboxylic acids is 1. The third-order valence-electron chi connectivity index (χ3n) is 6.61. The Hall–Kier alpha value is -1.40. The number of ether oxygens (including phenoxy) is 1. The zero-order valence-electron chi connectivity index (χ0n) is 17.4. The fourth-order valence-corrected chi connectivity index (χ4v) is 5.57. The summed E-state index contributed by atoms with van der Waals surface area (Å²) < 4.78 is 8.36. The summed E-state index contributed by atoms with van der Waals surface area (Å²) in [4.78, 5) is 17.7. The molecule has 0 saturated carbocycles. The van der Waals surface area contributed by atoms with Crippen LogP contribution in [0.3, 0.4) is 0 Å². The molecule has 4 rings (SSSR count). The van der Waals surface area contributed by atoms with Gasteiger partial charge in [-0.1, -0.05) is 13.8 Å². The molecule has 2 bridgehead atoms. The number of fused-ring (bicyclic) bond motifs is 1. The van der Waals surface area contributed by atoms with Gasteiger partial charge in [-0.15, -0.1) is 0 Å². The molecule has 4 heterocycles. The quantitative estimate of drug-likeness (QED) is 0.767. The second-order valence-corrected chi connectivity index (χ2v) is 9.41. The number of aryl methyl sites for hydroxylation is 1. The minimum atomic E-state index is -0.0984. The number of hydrogen-bond acceptors (Lipinski definition) is 4. The second-order valence-electron chi connectivity index (χ2n) is 9.41. The molecule has 0 radical (unpaired) electrons. The number of carbonyl (C=O) groups is 1. The molecule has 3 aliphatic heterocycles. The van der Waals surface area contributed by atoms with Crippen LogP contribution in [0.15, 0.2) is 6.07 Å². The van der Waals surface area contributed by atoms with E-state index in [1.54, 1.807) is 0 Å². The molecular weight excluding hydrogens is 340 g/mol. The Morgan fingerprint density at radius 3 is 2.89 bits per heavy atom. The Balaban J connectivity index is 1.54. The average molecular weight is 375 g/mol. The Morgan fingerprint density at radius 1 is 1.44 bits per heavy atom. The topological polar surface area (TPSA) is 50.6 Å². The fourth-order valence-electron chi connectivity index (χ4n) is 5.57. The largest absolute Gasteiger partial charge is 0.369 e. The van der Waals surface area contributed by atoms with Crippen LogP contribution in [0.25, 0.3) is 0 Å². The first kappa shape index (κ1) is 18.9. The third-order valence-corrected chi connectivity index (χ3v) is 6.61. The summed E-state index contributed by atoms with van der Waals surface area (Å²) >= 11 is 0. The van der Waals surface area contributed by atoms with E-state index < -0.39 is 0 Å². The molecule has 0 N–H and O–H groups in total. The molecule has 150 valence electrons. The van der Waals surface area contributed by atoms with Gasteiger partial charge in [-0.3, -0.25) is 9.48 Å². The van der Waals surface area contributed by atoms with Crippen LogP contribution in [0.2, 0.25) is 0 Å². The molecule has 3 saturated heterocycles. The van der Waals surface area contributed by atoms with Crippen LogP contribution in [0.1, 0.15) is 49.8 Å². The lowest BCUT2D eigenvalue weighted by molar-refractivity contribution is 0.00243. The number of rotatable bonds is 6. The first-order valence-electron chi connectivity index (χ1n) is 10.5. The zero-order valence-corrected chi connectivity index (χ0v) is 17.4. The lowest BCUT2D eigenvalue weighted by Gasteiger charge is -2.30. The molecule has 27 heavy (non-hydrogen) atoms. The van der Waals surface area contributed by atoms with Crippen LogP contribution in [0.4, 0.5) is 0 Å². The SMILES string of the molecule is CCn1nc(CC(C)C)cc1C(=O)N1C[C@H]2[C@@H](CN(C)C)[C@@H]3CC[C@@]2(C1)O3. The monoisotopic (exact) mass is 374 g/mol. The zero-order chi connectivity index (χ0) is 19.3. The molecule has 1 aromatic rings. The molecule has 6 heteroatoms. The van der Waals surface area contributed by atoms with E-state index in [9.17, 15) is 4.79 Å². The Kier molecular flexibility index (Phi) is 4.83. The van der Waals surface area contributed by atoms with Gasteiger partial charge in [0.15, 0.2) is 0 Å².